The van der Waals surface area contributed by atoms with Crippen LogP contribution in [-0.4, -0.2) is 39.4 Å². The van der Waals surface area contributed by atoms with E-state index in [1.54, 1.807) is 0 Å². The van der Waals surface area contributed by atoms with Crippen LogP contribution in [0.1, 0.15) is 23.2 Å². The minimum Gasteiger partial charge on any atom is -0.396 e. The number of nitrogens with one attached hydrogen (secondary N) is 1. The third-order valence-corrected chi connectivity index (χ3v) is 2.58. The summed E-state index contributed by atoms with van der Waals surface area (Å²) in [5.41, 5.74) is 1.67. The number of rotatable bonds is 6. The van der Waals surface area contributed by atoms with Crippen LogP contribution in [0, 0.1) is 10.1 Å². The second-order valence-corrected chi connectivity index (χ2v) is 4.17. The van der Waals surface area contributed by atoms with Crippen molar-refractivity contribution in [1.82, 2.24) is 10.5 Å². The molecule has 0 aliphatic rings. The van der Waals surface area contributed by atoms with E-state index >= 15 is 0 Å². The molecule has 0 saturated heterocycles. The molecule has 0 aliphatic carbocycles. The minimum absolute atomic E-state index is 0.00351. The lowest BCUT2D eigenvalue weighted by Crippen LogP contribution is -2.52. The molecule has 10 heteroatoms. The summed E-state index contributed by atoms with van der Waals surface area (Å²) in [6.07, 6.45) is -0.0605. The number of Topliss-reactive ketones (excluding diaryl/α,β-unsaturated/α-hetero) is 1. The molecule has 1 aromatic rings. The molecule has 4 N–H and O–H groups in total. The normalized spacial score (nSPS) is 9.91. The number of carbonyl (C=O) groups excluding carboxylic acids is 3. The van der Waals surface area contributed by atoms with Gasteiger partial charge in [-0.1, -0.05) is 0 Å². The molecule has 0 spiro atoms. The SMILES string of the molecule is NN(NC(=O)C(=O)CCCO)C(=O)c1ccc([N+](=O)[O-])cc1. The molecule has 0 aromatic heterocycles. The van der Waals surface area contributed by atoms with Gasteiger partial charge >= 0.3 is 5.91 Å². The van der Waals surface area contributed by atoms with Crippen LogP contribution in [0.25, 0.3) is 0 Å². The largest absolute Gasteiger partial charge is 0.396 e. The summed E-state index contributed by atoms with van der Waals surface area (Å²) >= 11 is 0. The number of nitrogens with zero attached hydrogens (tertiary/aromatic N) is 2. The van der Waals surface area contributed by atoms with Crippen molar-refractivity contribution in [3.8, 4) is 0 Å². The van der Waals surface area contributed by atoms with Gasteiger partial charge in [-0.05, 0) is 18.6 Å². The van der Waals surface area contributed by atoms with E-state index in [0.29, 0.717) is 5.12 Å². The predicted octanol–water partition coefficient (Wildman–Crippen LogP) is -0.716. The van der Waals surface area contributed by atoms with Gasteiger partial charge in [0.05, 0.1) is 4.92 Å². The Hall–Kier alpha value is -2.85. The molecule has 0 unspecified atom stereocenters. The number of benzene rings is 1. The number of nitrogens with two attached hydrogens (primary N) is 1. The Balaban J connectivity index is 2.66. The molecule has 0 aliphatic heterocycles. The summed E-state index contributed by atoms with van der Waals surface area (Å²) in [5, 5.41) is 19.4. The fourth-order valence-corrected chi connectivity index (χ4v) is 1.44. The van der Waals surface area contributed by atoms with Crippen molar-refractivity contribution in [3.05, 3.63) is 39.9 Å². The monoisotopic (exact) mass is 310 g/mol. The molecule has 0 fully saturated rings. The van der Waals surface area contributed by atoms with Crippen molar-refractivity contribution in [3.63, 3.8) is 0 Å². The summed E-state index contributed by atoms with van der Waals surface area (Å²) in [7, 11) is 0. The van der Waals surface area contributed by atoms with Crippen LogP contribution in [-0.2, 0) is 9.59 Å². The molecule has 10 nitrogen and oxygen atoms in total. The standard InChI is InChI=1S/C12H14N4O6/c13-15(14-11(19)10(18)2-1-7-17)12(20)8-3-5-9(6-4-8)16(21)22/h3-6,17H,1-2,7,13H2,(H,14,19). The van der Waals surface area contributed by atoms with Crippen LogP contribution >= 0.6 is 0 Å². The predicted molar refractivity (Wildman–Crippen MR) is 72.9 cm³/mol. The average molecular weight is 310 g/mol. The molecule has 22 heavy (non-hydrogen) atoms. The first-order chi connectivity index (χ1) is 10.4. The highest BCUT2D eigenvalue weighted by Crippen LogP contribution is 2.12. The number of nitro benzene ring substituents is 1. The van der Waals surface area contributed by atoms with Crippen molar-refractivity contribution in [2.45, 2.75) is 12.8 Å². The number of nitro groups is 1. The smallest absolute Gasteiger partial charge is 0.307 e. The van der Waals surface area contributed by atoms with Crippen molar-refractivity contribution in [2.75, 3.05) is 6.61 Å². The van der Waals surface area contributed by atoms with E-state index in [0.717, 1.165) is 12.1 Å². The Labute approximate surface area is 124 Å². The highest BCUT2D eigenvalue weighted by molar-refractivity contribution is 6.36. The van der Waals surface area contributed by atoms with Crippen LogP contribution in [0.5, 0.6) is 0 Å². The van der Waals surface area contributed by atoms with E-state index in [1.165, 1.54) is 12.1 Å². The number of hydrogen-bond donors (Lipinski definition) is 3. The van der Waals surface area contributed by atoms with E-state index < -0.39 is 22.5 Å². The first-order valence-electron chi connectivity index (χ1n) is 6.15. The minimum atomic E-state index is -1.09. The summed E-state index contributed by atoms with van der Waals surface area (Å²) in [6, 6.07) is 4.55. The van der Waals surface area contributed by atoms with Crippen LogP contribution in [0.3, 0.4) is 0 Å². The van der Waals surface area contributed by atoms with Gasteiger partial charge in [-0.2, -0.15) is 5.12 Å². The molecule has 0 atom stereocenters. The summed E-state index contributed by atoms with van der Waals surface area (Å²) in [4.78, 5) is 44.5. The lowest BCUT2D eigenvalue weighted by Gasteiger charge is -2.16. The Morgan fingerprint density at radius 2 is 1.86 bits per heavy atom. The van der Waals surface area contributed by atoms with Gasteiger partial charge in [-0.15, -0.1) is 0 Å². The zero-order valence-electron chi connectivity index (χ0n) is 11.4. The molecular weight excluding hydrogens is 296 g/mol. The van der Waals surface area contributed by atoms with Crippen LogP contribution in [0.4, 0.5) is 5.69 Å². The Bertz CT molecular complexity index is 586. The number of hydrogen-bond acceptors (Lipinski definition) is 7. The number of aliphatic hydroxyl groups excluding tert-OH is 1. The molecule has 2 amide bonds. The maximum Gasteiger partial charge on any atom is 0.307 e. The first-order valence-corrected chi connectivity index (χ1v) is 6.15. The second-order valence-electron chi connectivity index (χ2n) is 4.17. The van der Waals surface area contributed by atoms with E-state index in [2.05, 4.69) is 0 Å². The van der Waals surface area contributed by atoms with E-state index in [4.69, 9.17) is 10.9 Å². The summed E-state index contributed by atoms with van der Waals surface area (Å²) in [5.74, 6) is 2.56. The summed E-state index contributed by atoms with van der Waals surface area (Å²) in [6.45, 7) is -0.243. The molecule has 1 aromatic carbocycles. The number of amides is 2. The van der Waals surface area contributed by atoms with Crippen molar-refractivity contribution in [1.29, 1.82) is 0 Å². The van der Waals surface area contributed by atoms with Crippen LogP contribution in [0.15, 0.2) is 24.3 Å². The molecule has 0 saturated carbocycles. The molecule has 1 rings (SSSR count). The fourth-order valence-electron chi connectivity index (χ4n) is 1.44. The topological polar surface area (TPSA) is 156 Å². The lowest BCUT2D eigenvalue weighted by molar-refractivity contribution is -0.384. The molecule has 0 heterocycles. The first kappa shape index (κ1) is 17.2. The number of carbonyl (C=O) groups is 3. The average Bonchev–Trinajstić information content (AvgIpc) is 2.51. The Morgan fingerprint density at radius 3 is 2.36 bits per heavy atom. The number of non-ortho nitro benzene ring substituents is 1. The van der Waals surface area contributed by atoms with E-state index in [-0.39, 0.29) is 30.7 Å². The highest BCUT2D eigenvalue weighted by Gasteiger charge is 2.20. The maximum atomic E-state index is 11.9. The summed E-state index contributed by atoms with van der Waals surface area (Å²) < 4.78 is 0. The van der Waals surface area contributed by atoms with Gasteiger partial charge in [0.25, 0.3) is 11.6 Å². The third-order valence-electron chi connectivity index (χ3n) is 2.58. The van der Waals surface area contributed by atoms with Crippen molar-refractivity contribution < 1.29 is 24.4 Å². The zero-order valence-corrected chi connectivity index (χ0v) is 11.4. The number of hydrazine groups is 2. The Kier molecular flexibility index (Phi) is 6.10. The molecular formula is C12H14N4O6. The van der Waals surface area contributed by atoms with Gasteiger partial charge < -0.3 is 5.11 Å². The Morgan fingerprint density at radius 1 is 1.27 bits per heavy atom. The molecule has 0 bridgehead atoms. The van der Waals surface area contributed by atoms with Gasteiger partial charge in [-0.25, -0.2) is 11.3 Å². The van der Waals surface area contributed by atoms with Gasteiger partial charge in [0.2, 0.25) is 5.78 Å². The second kappa shape index (κ2) is 7.81. The van der Waals surface area contributed by atoms with Gasteiger partial charge in [0.15, 0.2) is 0 Å². The molecule has 118 valence electrons. The number of aliphatic hydroxyl groups is 1. The maximum absolute atomic E-state index is 11.9. The van der Waals surface area contributed by atoms with E-state index in [1.807, 2.05) is 5.43 Å². The van der Waals surface area contributed by atoms with Crippen LogP contribution in [0.2, 0.25) is 0 Å². The van der Waals surface area contributed by atoms with Crippen LogP contribution < -0.4 is 11.3 Å². The van der Waals surface area contributed by atoms with Crippen molar-refractivity contribution >= 4 is 23.3 Å². The third kappa shape index (κ3) is 4.61. The van der Waals surface area contributed by atoms with Crippen molar-refractivity contribution in [2.24, 2.45) is 5.84 Å². The quantitative estimate of drug-likeness (QED) is 0.206. The lowest BCUT2D eigenvalue weighted by atomic mass is 10.2. The van der Waals surface area contributed by atoms with Gasteiger partial charge in [0, 0.05) is 30.7 Å². The van der Waals surface area contributed by atoms with E-state index in [9.17, 15) is 24.5 Å². The van der Waals surface area contributed by atoms with Gasteiger partial charge in [-0.3, -0.25) is 24.5 Å². The fraction of sp³-hybridized carbons (Fsp3) is 0.250. The van der Waals surface area contributed by atoms with Gasteiger partial charge in [0.1, 0.15) is 0 Å². The number of ketones is 1. The highest BCUT2D eigenvalue weighted by atomic mass is 16.6. The molecule has 0 radical (unpaired) electrons. The zero-order chi connectivity index (χ0) is 16.7.